The predicted octanol–water partition coefficient (Wildman–Crippen LogP) is 3.45. The second-order valence-electron chi connectivity index (χ2n) is 6.24. The van der Waals surface area contributed by atoms with Gasteiger partial charge in [-0.05, 0) is 37.0 Å². The van der Waals surface area contributed by atoms with E-state index >= 15 is 0 Å². The summed E-state index contributed by atoms with van der Waals surface area (Å²) in [5.41, 5.74) is 6.11. The van der Waals surface area contributed by atoms with Gasteiger partial charge in [-0.1, -0.05) is 37.5 Å². The lowest BCUT2D eigenvalue weighted by atomic mass is 10.1. The molecule has 0 bridgehead atoms. The fraction of sp³-hybridized carbons (Fsp3) is 0.400. The van der Waals surface area contributed by atoms with Crippen molar-refractivity contribution in [1.29, 1.82) is 0 Å². The molecule has 1 aliphatic carbocycles. The number of rotatable bonds is 12. The topological polar surface area (TPSA) is 96.1 Å². The van der Waals surface area contributed by atoms with Gasteiger partial charge in [0.05, 0.1) is 18.7 Å². The molecule has 27 heavy (non-hydrogen) atoms. The van der Waals surface area contributed by atoms with Crippen LogP contribution in [-0.2, 0) is 9.59 Å². The molecule has 2 amide bonds. The van der Waals surface area contributed by atoms with Crippen LogP contribution in [0.4, 0.5) is 0 Å². The fourth-order valence-electron chi connectivity index (χ4n) is 2.49. The molecule has 0 unspecified atom stereocenters. The van der Waals surface area contributed by atoms with Gasteiger partial charge in [-0.3, -0.25) is 9.59 Å². The van der Waals surface area contributed by atoms with Crippen molar-refractivity contribution in [3.63, 3.8) is 0 Å². The van der Waals surface area contributed by atoms with Crippen LogP contribution in [0.2, 0.25) is 0 Å². The summed E-state index contributed by atoms with van der Waals surface area (Å²) in [5, 5.41) is 7.78. The molecule has 1 aromatic heterocycles. The highest BCUT2D eigenvalue weighted by Crippen LogP contribution is 2.08. The van der Waals surface area contributed by atoms with E-state index in [1.165, 1.54) is 6.21 Å². The number of carbonyl (C=O) groups excluding carboxylic acids is 2. The van der Waals surface area contributed by atoms with Gasteiger partial charge in [0, 0.05) is 12.8 Å². The molecule has 0 aliphatic heterocycles. The lowest BCUT2D eigenvalue weighted by molar-refractivity contribution is -0.121. The predicted molar refractivity (Wildman–Crippen MR) is 105 cm³/mol. The van der Waals surface area contributed by atoms with Crippen molar-refractivity contribution in [2.75, 3.05) is 0 Å². The molecule has 144 valence electrons. The first kappa shape index (κ1) is 20.4. The Labute approximate surface area is 159 Å². The Morgan fingerprint density at radius 1 is 1.00 bits per heavy atom. The molecular weight excluding hydrogens is 344 g/mol. The first-order chi connectivity index (χ1) is 13.2. The molecule has 0 saturated carbocycles. The van der Waals surface area contributed by atoms with Gasteiger partial charge < -0.3 is 4.42 Å². The molecule has 7 heteroatoms. The monoisotopic (exact) mass is 370 g/mol. The summed E-state index contributed by atoms with van der Waals surface area (Å²) in [4.78, 5) is 23.3. The van der Waals surface area contributed by atoms with Crippen molar-refractivity contribution < 1.29 is 14.0 Å². The van der Waals surface area contributed by atoms with Crippen LogP contribution < -0.4 is 10.9 Å². The third kappa shape index (κ3) is 9.34. The van der Waals surface area contributed by atoms with Gasteiger partial charge in [0.25, 0.3) is 0 Å². The minimum absolute atomic E-state index is 0.0633. The minimum Gasteiger partial charge on any atom is -0.463 e. The highest BCUT2D eigenvalue weighted by atomic mass is 16.3. The van der Waals surface area contributed by atoms with E-state index in [9.17, 15) is 9.59 Å². The van der Waals surface area contributed by atoms with Gasteiger partial charge >= 0.3 is 0 Å². The molecule has 0 fully saturated rings. The molecule has 7 nitrogen and oxygen atoms in total. The number of hydrazone groups is 2. The van der Waals surface area contributed by atoms with Gasteiger partial charge in [0.15, 0.2) is 0 Å². The van der Waals surface area contributed by atoms with E-state index in [1.54, 1.807) is 24.6 Å². The summed E-state index contributed by atoms with van der Waals surface area (Å²) in [6.07, 6.45) is 17.0. The van der Waals surface area contributed by atoms with Gasteiger partial charge in [-0.25, -0.2) is 10.9 Å². The number of unbranched alkanes of at least 4 members (excludes halogenated alkanes) is 4. The Hall–Kier alpha value is -2.96. The number of nitrogens with one attached hydrogen (secondary N) is 2. The molecule has 2 rings (SSSR count). The van der Waals surface area contributed by atoms with Crippen LogP contribution in [0.15, 0.2) is 56.8 Å². The third-order valence-corrected chi connectivity index (χ3v) is 3.95. The molecule has 0 spiro atoms. The number of hydrogen-bond donors (Lipinski definition) is 2. The Balaban J connectivity index is 1.40. The third-order valence-electron chi connectivity index (χ3n) is 3.95. The van der Waals surface area contributed by atoms with Crippen LogP contribution in [0.3, 0.4) is 0 Å². The number of hydrogen-bond acceptors (Lipinski definition) is 5. The van der Waals surface area contributed by atoms with Gasteiger partial charge in [-0.15, -0.1) is 0 Å². The molecule has 0 radical (unpaired) electrons. The maximum absolute atomic E-state index is 11.6. The summed E-state index contributed by atoms with van der Waals surface area (Å²) in [5.74, 6) is 0.423. The van der Waals surface area contributed by atoms with Crippen molar-refractivity contribution in [1.82, 2.24) is 10.9 Å². The van der Waals surface area contributed by atoms with Crippen LogP contribution in [0.1, 0.15) is 57.1 Å². The Kier molecular flexibility index (Phi) is 9.35. The van der Waals surface area contributed by atoms with Crippen LogP contribution >= 0.6 is 0 Å². The fourth-order valence-corrected chi connectivity index (χ4v) is 2.49. The van der Waals surface area contributed by atoms with Crippen molar-refractivity contribution in [3.05, 3.63) is 48.0 Å². The quantitative estimate of drug-likeness (QED) is 0.335. The molecule has 0 atom stereocenters. The molecule has 0 saturated heterocycles. The Bertz CT molecular complexity index is 703. The molecule has 1 aliphatic rings. The standard InChI is InChI=1S/C20H26N4O3/c25-19(23-21-15-17-9-6-7-10-17)12-4-2-1-3-5-13-20(26)24-22-16-18-11-8-14-27-18/h6-9,11,14-16H,1-5,10,12-13H2,(H,23,25)(H,24,26)/b21-15+,22-16+. The minimum atomic E-state index is -0.109. The van der Waals surface area contributed by atoms with Gasteiger partial charge in [-0.2, -0.15) is 10.2 Å². The van der Waals surface area contributed by atoms with E-state index in [1.807, 2.05) is 18.2 Å². The van der Waals surface area contributed by atoms with Crippen molar-refractivity contribution in [2.45, 2.75) is 51.4 Å². The Morgan fingerprint density at radius 2 is 1.67 bits per heavy atom. The average molecular weight is 370 g/mol. The van der Waals surface area contributed by atoms with Gasteiger partial charge in [0.1, 0.15) is 5.76 Å². The zero-order valence-electron chi connectivity index (χ0n) is 15.4. The largest absolute Gasteiger partial charge is 0.463 e. The van der Waals surface area contributed by atoms with Crippen LogP contribution in [-0.4, -0.2) is 24.2 Å². The zero-order chi connectivity index (χ0) is 19.2. The molecule has 1 heterocycles. The van der Waals surface area contributed by atoms with Crippen LogP contribution in [0.25, 0.3) is 0 Å². The molecule has 0 aromatic carbocycles. The summed E-state index contributed by atoms with van der Waals surface area (Å²) in [7, 11) is 0. The summed E-state index contributed by atoms with van der Waals surface area (Å²) >= 11 is 0. The van der Waals surface area contributed by atoms with E-state index in [-0.39, 0.29) is 11.8 Å². The number of furan rings is 1. The zero-order valence-corrected chi connectivity index (χ0v) is 15.4. The van der Waals surface area contributed by atoms with E-state index in [4.69, 9.17) is 4.42 Å². The second kappa shape index (κ2) is 12.4. The van der Waals surface area contributed by atoms with Crippen LogP contribution in [0, 0.1) is 0 Å². The number of carbonyl (C=O) groups is 2. The normalized spacial score (nSPS) is 13.4. The van der Waals surface area contributed by atoms with Crippen molar-refractivity contribution in [3.8, 4) is 0 Å². The maximum atomic E-state index is 11.6. The van der Waals surface area contributed by atoms with E-state index in [0.717, 1.165) is 44.1 Å². The average Bonchev–Trinajstić information content (AvgIpc) is 3.35. The summed E-state index contributed by atoms with van der Waals surface area (Å²) in [6, 6.07) is 3.51. The SMILES string of the molecule is O=C(CCCCCCCC(=O)N/N=C/c1ccco1)N/N=C/C1=CC=CC1. The van der Waals surface area contributed by atoms with Crippen molar-refractivity contribution >= 4 is 24.2 Å². The van der Waals surface area contributed by atoms with E-state index in [0.29, 0.717) is 18.6 Å². The van der Waals surface area contributed by atoms with E-state index in [2.05, 4.69) is 21.1 Å². The number of nitrogens with zero attached hydrogens (tertiary/aromatic N) is 2. The Morgan fingerprint density at radius 3 is 2.26 bits per heavy atom. The molecular formula is C20H26N4O3. The number of allylic oxidation sites excluding steroid dienone is 4. The summed E-state index contributed by atoms with van der Waals surface area (Å²) in [6.45, 7) is 0. The molecule has 2 N–H and O–H groups in total. The highest BCUT2D eigenvalue weighted by Gasteiger charge is 2.02. The highest BCUT2D eigenvalue weighted by molar-refractivity contribution is 5.83. The smallest absolute Gasteiger partial charge is 0.240 e. The number of amides is 2. The second-order valence-corrected chi connectivity index (χ2v) is 6.24. The van der Waals surface area contributed by atoms with Crippen molar-refractivity contribution in [2.24, 2.45) is 10.2 Å². The first-order valence-electron chi connectivity index (χ1n) is 9.27. The van der Waals surface area contributed by atoms with E-state index < -0.39 is 0 Å². The maximum Gasteiger partial charge on any atom is 0.240 e. The lowest BCUT2D eigenvalue weighted by Crippen LogP contribution is -2.17. The molecule has 1 aromatic rings. The van der Waals surface area contributed by atoms with Crippen LogP contribution in [0.5, 0.6) is 0 Å². The van der Waals surface area contributed by atoms with Gasteiger partial charge in [0.2, 0.25) is 11.8 Å². The summed E-state index contributed by atoms with van der Waals surface area (Å²) < 4.78 is 5.07. The first-order valence-corrected chi connectivity index (χ1v) is 9.27. The lowest BCUT2D eigenvalue weighted by Gasteiger charge is -2.02.